The zero-order chi connectivity index (χ0) is 15.4. The molecule has 5 aliphatic rings. The summed E-state index contributed by atoms with van der Waals surface area (Å²) in [6.45, 7) is 0. The van der Waals surface area contributed by atoms with Crippen LogP contribution in [0.4, 0.5) is 0 Å². The van der Waals surface area contributed by atoms with Gasteiger partial charge in [-0.15, -0.1) is 0 Å². The zero-order valence-corrected chi connectivity index (χ0v) is 14.6. The van der Waals surface area contributed by atoms with Gasteiger partial charge in [0.05, 0.1) is 6.04 Å². The van der Waals surface area contributed by atoms with E-state index in [1.54, 1.807) is 0 Å². The number of fused-ring (bicyclic) bond motifs is 5. The predicted molar refractivity (Wildman–Crippen MR) is 97.0 cm³/mol. The first kappa shape index (κ1) is 14.4. The Labute approximate surface area is 146 Å². The molecule has 0 aromatic rings. The van der Waals surface area contributed by atoms with Gasteiger partial charge in [-0.25, -0.2) is 0 Å². The van der Waals surface area contributed by atoms with Crippen molar-refractivity contribution in [2.75, 3.05) is 0 Å². The van der Waals surface area contributed by atoms with Gasteiger partial charge in [0.1, 0.15) is 6.29 Å². The minimum absolute atomic E-state index is 0.336. The molecule has 2 aliphatic heterocycles. The van der Waals surface area contributed by atoms with Gasteiger partial charge in [-0.2, -0.15) is 0 Å². The fourth-order valence-electron chi connectivity index (χ4n) is 4.90. The third-order valence-corrected chi connectivity index (χ3v) is 6.51. The molecule has 3 nitrogen and oxygen atoms in total. The third kappa shape index (κ3) is 2.19. The molecule has 4 heteroatoms. The monoisotopic (exact) mass is 371 g/mol. The van der Waals surface area contributed by atoms with Crippen LogP contribution in [0.2, 0.25) is 0 Å². The SMILES string of the molecule is BrC1=CC2C(CC1)N(C1C=CC=CC1)C1NC3C=CC=CC3N21. The van der Waals surface area contributed by atoms with Crippen LogP contribution >= 0.6 is 15.9 Å². The van der Waals surface area contributed by atoms with Crippen molar-refractivity contribution in [2.24, 2.45) is 0 Å². The van der Waals surface area contributed by atoms with E-state index < -0.39 is 0 Å². The van der Waals surface area contributed by atoms with Gasteiger partial charge >= 0.3 is 0 Å². The number of nitrogens with zero attached hydrogens (tertiary/aromatic N) is 2. The van der Waals surface area contributed by atoms with Crippen molar-refractivity contribution >= 4 is 15.9 Å². The van der Waals surface area contributed by atoms with Crippen LogP contribution in [0, 0.1) is 0 Å². The smallest absolute Gasteiger partial charge is 0.119 e. The van der Waals surface area contributed by atoms with Crippen molar-refractivity contribution in [3.63, 3.8) is 0 Å². The van der Waals surface area contributed by atoms with Crippen LogP contribution < -0.4 is 5.32 Å². The molecule has 2 fully saturated rings. The average molecular weight is 372 g/mol. The predicted octanol–water partition coefficient (Wildman–Crippen LogP) is 3.05. The van der Waals surface area contributed by atoms with Crippen LogP contribution in [0.1, 0.15) is 19.3 Å². The highest BCUT2D eigenvalue weighted by molar-refractivity contribution is 9.11. The Morgan fingerprint density at radius 1 is 1.00 bits per heavy atom. The lowest BCUT2D eigenvalue weighted by Crippen LogP contribution is -2.51. The van der Waals surface area contributed by atoms with Gasteiger partial charge < -0.3 is 0 Å². The summed E-state index contributed by atoms with van der Waals surface area (Å²) in [6, 6.07) is 2.52. The molecule has 0 spiro atoms. The maximum Gasteiger partial charge on any atom is 0.119 e. The third-order valence-electron chi connectivity index (χ3n) is 5.85. The van der Waals surface area contributed by atoms with Crippen LogP contribution in [0.5, 0.6) is 0 Å². The molecule has 2 saturated heterocycles. The Balaban J connectivity index is 1.54. The van der Waals surface area contributed by atoms with E-state index in [4.69, 9.17) is 0 Å². The Bertz CT molecular complexity index is 647. The lowest BCUT2D eigenvalue weighted by Gasteiger charge is -2.37. The Morgan fingerprint density at radius 2 is 1.87 bits per heavy atom. The number of rotatable bonds is 1. The van der Waals surface area contributed by atoms with Crippen molar-refractivity contribution in [1.29, 1.82) is 0 Å². The highest BCUT2D eigenvalue weighted by Gasteiger charge is 2.56. The molecule has 5 rings (SSSR count). The summed E-state index contributed by atoms with van der Waals surface area (Å²) in [5.74, 6) is 0. The van der Waals surface area contributed by atoms with Crippen LogP contribution in [-0.4, -0.2) is 46.3 Å². The van der Waals surface area contributed by atoms with E-state index in [-0.39, 0.29) is 0 Å². The van der Waals surface area contributed by atoms with Crippen LogP contribution in [0.15, 0.2) is 59.2 Å². The van der Waals surface area contributed by atoms with Crippen molar-refractivity contribution in [3.8, 4) is 0 Å². The van der Waals surface area contributed by atoms with Gasteiger partial charge in [-0.1, -0.05) is 70.6 Å². The van der Waals surface area contributed by atoms with Gasteiger partial charge in [-0.3, -0.25) is 15.1 Å². The van der Waals surface area contributed by atoms with Gasteiger partial charge in [0.15, 0.2) is 0 Å². The number of halogens is 1. The summed E-state index contributed by atoms with van der Waals surface area (Å²) in [7, 11) is 0. The maximum absolute atomic E-state index is 3.88. The van der Waals surface area contributed by atoms with Gasteiger partial charge in [0, 0.05) is 24.2 Å². The molecule has 0 radical (unpaired) electrons. The molecule has 0 bridgehead atoms. The fourth-order valence-corrected chi connectivity index (χ4v) is 5.40. The van der Waals surface area contributed by atoms with Crippen molar-refractivity contribution < 1.29 is 0 Å². The van der Waals surface area contributed by atoms with Crippen LogP contribution in [0.3, 0.4) is 0 Å². The summed E-state index contributed by atoms with van der Waals surface area (Å²) in [5, 5.41) is 3.88. The first-order chi connectivity index (χ1) is 11.3. The van der Waals surface area contributed by atoms with Gasteiger partial charge in [0.2, 0.25) is 0 Å². The Morgan fingerprint density at radius 3 is 2.74 bits per heavy atom. The second-order valence-corrected chi connectivity index (χ2v) is 8.07. The quantitative estimate of drug-likeness (QED) is 0.763. The normalized spacial score (nSPS) is 45.0. The highest BCUT2D eigenvalue weighted by Crippen LogP contribution is 2.43. The number of nitrogens with one attached hydrogen (secondary N) is 1. The van der Waals surface area contributed by atoms with Crippen molar-refractivity contribution in [3.05, 3.63) is 59.2 Å². The van der Waals surface area contributed by atoms with Gasteiger partial charge in [-0.05, 0) is 23.7 Å². The van der Waals surface area contributed by atoms with Crippen LogP contribution in [-0.2, 0) is 0 Å². The zero-order valence-electron chi connectivity index (χ0n) is 13.1. The molecular weight excluding hydrogens is 350 g/mol. The maximum atomic E-state index is 3.88. The molecular formula is C19H22BrN3. The largest absolute Gasteiger partial charge is 0.281 e. The summed E-state index contributed by atoms with van der Waals surface area (Å²) in [6.07, 6.45) is 24.4. The summed E-state index contributed by atoms with van der Waals surface area (Å²) < 4.78 is 1.37. The molecule has 1 N–H and O–H groups in total. The van der Waals surface area contributed by atoms with E-state index in [0.29, 0.717) is 36.5 Å². The first-order valence-electron chi connectivity index (χ1n) is 8.68. The lowest BCUT2D eigenvalue weighted by molar-refractivity contribution is 0.0965. The van der Waals surface area contributed by atoms with E-state index in [1.807, 2.05) is 0 Å². The van der Waals surface area contributed by atoms with E-state index in [0.717, 1.165) is 12.8 Å². The standard InChI is InChI=1S/C19H22BrN3/c20-13-10-11-17-18(12-13)23-16-9-5-4-8-15(16)21-19(23)22(17)14-6-2-1-3-7-14/h1-6,8-9,12,14-19,21H,7,10-11H2. The molecule has 0 aromatic carbocycles. The number of hydrogen-bond acceptors (Lipinski definition) is 3. The number of allylic oxidation sites excluding steroid dienone is 5. The molecule has 6 unspecified atom stereocenters. The Hall–Kier alpha value is -0.940. The summed E-state index contributed by atoms with van der Waals surface area (Å²) in [5.41, 5.74) is 0. The minimum Gasteiger partial charge on any atom is -0.281 e. The molecule has 2 heterocycles. The van der Waals surface area contributed by atoms with E-state index in [2.05, 4.69) is 85.7 Å². The van der Waals surface area contributed by atoms with Crippen LogP contribution in [0.25, 0.3) is 0 Å². The average Bonchev–Trinajstić information content (AvgIpc) is 3.10. The van der Waals surface area contributed by atoms with E-state index in [9.17, 15) is 0 Å². The second-order valence-electron chi connectivity index (χ2n) is 7.05. The minimum atomic E-state index is 0.336. The summed E-state index contributed by atoms with van der Waals surface area (Å²) >= 11 is 3.76. The highest BCUT2D eigenvalue weighted by atomic mass is 79.9. The fraction of sp³-hybridized carbons (Fsp3) is 0.474. The Kier molecular flexibility index (Phi) is 3.48. The molecule has 23 heavy (non-hydrogen) atoms. The van der Waals surface area contributed by atoms with Crippen molar-refractivity contribution in [1.82, 2.24) is 15.1 Å². The second kappa shape index (κ2) is 5.55. The molecule has 0 amide bonds. The summed E-state index contributed by atoms with van der Waals surface area (Å²) in [4.78, 5) is 5.43. The molecule has 6 atom stereocenters. The molecule has 3 aliphatic carbocycles. The van der Waals surface area contributed by atoms with E-state index in [1.165, 1.54) is 10.9 Å². The molecule has 120 valence electrons. The van der Waals surface area contributed by atoms with Crippen molar-refractivity contribution in [2.45, 2.75) is 55.8 Å². The molecule has 0 aromatic heterocycles. The van der Waals surface area contributed by atoms with E-state index >= 15 is 0 Å². The first-order valence-corrected chi connectivity index (χ1v) is 9.48. The topological polar surface area (TPSA) is 18.5 Å². The number of hydrogen-bond donors (Lipinski definition) is 1. The lowest BCUT2D eigenvalue weighted by atomic mass is 9.92. The van der Waals surface area contributed by atoms with Gasteiger partial charge in [0.25, 0.3) is 0 Å². The molecule has 0 saturated carbocycles.